The number of rotatable bonds is 10. The molecule has 2 aromatic carbocycles. The molecule has 0 atom stereocenters. The van der Waals surface area contributed by atoms with E-state index >= 15 is 0 Å². The summed E-state index contributed by atoms with van der Waals surface area (Å²) in [5, 5.41) is 0. The van der Waals surface area contributed by atoms with Crippen molar-refractivity contribution in [3.05, 3.63) is 54.1 Å². The van der Waals surface area contributed by atoms with Crippen molar-refractivity contribution in [3.8, 4) is 17.2 Å². The first-order valence-corrected chi connectivity index (χ1v) is 8.13. The van der Waals surface area contributed by atoms with E-state index in [0.29, 0.717) is 31.3 Å². The molecule has 0 bridgehead atoms. The molecule has 2 aromatic rings. The van der Waals surface area contributed by atoms with E-state index in [1.807, 2.05) is 37.3 Å². The maximum atomic E-state index is 11.9. The summed E-state index contributed by atoms with van der Waals surface area (Å²) in [6, 6.07) is 14.0. The molecule has 0 aromatic heterocycles. The Morgan fingerprint density at radius 3 is 2.35 bits per heavy atom. The van der Waals surface area contributed by atoms with Crippen LogP contribution in [0, 0.1) is 0 Å². The summed E-state index contributed by atoms with van der Waals surface area (Å²) < 4.78 is 21.5. The SMILES string of the molecule is CCOc1cc(C(=O)OCC(N)=O)ccc1OCCOc1ccccc1. The van der Waals surface area contributed by atoms with Gasteiger partial charge in [0.1, 0.15) is 19.0 Å². The lowest BCUT2D eigenvalue weighted by atomic mass is 10.2. The minimum Gasteiger partial charge on any atom is -0.490 e. The van der Waals surface area contributed by atoms with E-state index in [2.05, 4.69) is 0 Å². The smallest absolute Gasteiger partial charge is 0.338 e. The zero-order valence-electron chi connectivity index (χ0n) is 14.5. The molecule has 26 heavy (non-hydrogen) atoms. The molecule has 2 rings (SSSR count). The molecule has 0 heterocycles. The average Bonchev–Trinajstić information content (AvgIpc) is 2.65. The van der Waals surface area contributed by atoms with Gasteiger partial charge in [-0.25, -0.2) is 4.79 Å². The van der Waals surface area contributed by atoms with Crippen molar-refractivity contribution >= 4 is 11.9 Å². The van der Waals surface area contributed by atoms with E-state index in [-0.39, 0.29) is 5.56 Å². The third-order valence-electron chi connectivity index (χ3n) is 3.18. The number of hydrogen-bond donors (Lipinski definition) is 1. The second-order valence-corrected chi connectivity index (χ2v) is 5.15. The van der Waals surface area contributed by atoms with Gasteiger partial charge in [-0.2, -0.15) is 0 Å². The fourth-order valence-electron chi connectivity index (χ4n) is 2.07. The lowest BCUT2D eigenvalue weighted by Gasteiger charge is -2.13. The van der Waals surface area contributed by atoms with Crippen LogP contribution in [0.1, 0.15) is 17.3 Å². The lowest BCUT2D eigenvalue weighted by molar-refractivity contribution is -0.121. The van der Waals surface area contributed by atoms with Gasteiger partial charge >= 0.3 is 5.97 Å². The van der Waals surface area contributed by atoms with Crippen molar-refractivity contribution in [1.82, 2.24) is 0 Å². The van der Waals surface area contributed by atoms with Crippen LogP contribution in [0.2, 0.25) is 0 Å². The van der Waals surface area contributed by atoms with Crippen LogP contribution >= 0.6 is 0 Å². The molecule has 1 amide bonds. The van der Waals surface area contributed by atoms with Crippen molar-refractivity contribution in [3.63, 3.8) is 0 Å². The molecular weight excluding hydrogens is 338 g/mol. The number of carbonyl (C=O) groups excluding carboxylic acids is 2. The molecule has 0 aliphatic heterocycles. The van der Waals surface area contributed by atoms with E-state index in [0.717, 1.165) is 5.75 Å². The normalized spacial score (nSPS) is 10.0. The Hall–Kier alpha value is -3.22. The van der Waals surface area contributed by atoms with Crippen LogP contribution in [0.15, 0.2) is 48.5 Å². The Morgan fingerprint density at radius 2 is 1.65 bits per heavy atom. The molecule has 0 unspecified atom stereocenters. The standard InChI is InChI=1S/C19H21NO6/c1-2-23-17-12-14(19(22)26-13-18(20)21)8-9-16(17)25-11-10-24-15-6-4-3-5-7-15/h3-9,12H,2,10-11,13H2,1H3,(H2,20,21). The van der Waals surface area contributed by atoms with Gasteiger partial charge in [-0.15, -0.1) is 0 Å². The largest absolute Gasteiger partial charge is 0.490 e. The number of esters is 1. The molecule has 0 saturated carbocycles. The van der Waals surface area contributed by atoms with Crippen LogP contribution in [0.25, 0.3) is 0 Å². The maximum Gasteiger partial charge on any atom is 0.338 e. The van der Waals surface area contributed by atoms with Crippen molar-refractivity contribution in [2.75, 3.05) is 26.4 Å². The Balaban J connectivity index is 1.94. The highest BCUT2D eigenvalue weighted by atomic mass is 16.5. The third-order valence-corrected chi connectivity index (χ3v) is 3.18. The van der Waals surface area contributed by atoms with Gasteiger partial charge in [0, 0.05) is 0 Å². The summed E-state index contributed by atoms with van der Waals surface area (Å²) in [7, 11) is 0. The van der Waals surface area contributed by atoms with E-state index in [1.165, 1.54) is 12.1 Å². The summed E-state index contributed by atoms with van der Waals surface area (Å²) >= 11 is 0. The van der Waals surface area contributed by atoms with E-state index in [1.54, 1.807) is 6.07 Å². The van der Waals surface area contributed by atoms with Gasteiger partial charge in [0.05, 0.1) is 12.2 Å². The number of carbonyl (C=O) groups is 2. The first-order chi connectivity index (χ1) is 12.6. The highest BCUT2D eigenvalue weighted by Crippen LogP contribution is 2.29. The zero-order chi connectivity index (χ0) is 18.8. The molecule has 2 N–H and O–H groups in total. The van der Waals surface area contributed by atoms with Crippen molar-refractivity contribution in [2.45, 2.75) is 6.92 Å². The predicted molar refractivity (Wildman–Crippen MR) is 94.5 cm³/mol. The number of nitrogens with two attached hydrogens (primary N) is 1. The molecule has 0 saturated heterocycles. The Labute approximate surface area is 151 Å². The summed E-state index contributed by atoms with van der Waals surface area (Å²) in [6.07, 6.45) is 0. The fourth-order valence-corrected chi connectivity index (χ4v) is 2.07. The molecule has 0 spiro atoms. The van der Waals surface area contributed by atoms with Crippen molar-refractivity contribution in [1.29, 1.82) is 0 Å². The van der Waals surface area contributed by atoms with Crippen molar-refractivity contribution < 1.29 is 28.5 Å². The molecule has 138 valence electrons. The van der Waals surface area contributed by atoms with E-state index < -0.39 is 18.5 Å². The monoisotopic (exact) mass is 359 g/mol. The Kier molecular flexibility index (Phi) is 7.30. The summed E-state index contributed by atoms with van der Waals surface area (Å²) in [5.41, 5.74) is 5.20. The summed E-state index contributed by atoms with van der Waals surface area (Å²) in [6.45, 7) is 2.41. The van der Waals surface area contributed by atoms with Crippen LogP contribution in [0.4, 0.5) is 0 Å². The van der Waals surface area contributed by atoms with Gasteiger partial charge in [-0.05, 0) is 37.3 Å². The minimum absolute atomic E-state index is 0.239. The molecule has 7 nitrogen and oxygen atoms in total. The fraction of sp³-hybridized carbons (Fsp3) is 0.263. The number of benzene rings is 2. The third kappa shape index (κ3) is 6.01. The van der Waals surface area contributed by atoms with Crippen LogP contribution in [-0.2, 0) is 9.53 Å². The predicted octanol–water partition coefficient (Wildman–Crippen LogP) is 2.19. The number of amides is 1. The van der Waals surface area contributed by atoms with E-state index in [4.69, 9.17) is 24.7 Å². The Morgan fingerprint density at radius 1 is 0.923 bits per heavy atom. The number of hydrogen-bond acceptors (Lipinski definition) is 6. The highest BCUT2D eigenvalue weighted by molar-refractivity contribution is 5.91. The van der Waals surface area contributed by atoms with Crippen LogP contribution < -0.4 is 19.9 Å². The van der Waals surface area contributed by atoms with Crippen LogP contribution in [-0.4, -0.2) is 38.3 Å². The van der Waals surface area contributed by atoms with Gasteiger partial charge < -0.3 is 24.7 Å². The first-order valence-electron chi connectivity index (χ1n) is 8.13. The van der Waals surface area contributed by atoms with Gasteiger partial charge in [0.15, 0.2) is 18.1 Å². The average molecular weight is 359 g/mol. The van der Waals surface area contributed by atoms with Gasteiger partial charge in [-0.1, -0.05) is 18.2 Å². The number of ether oxygens (including phenoxy) is 4. The summed E-state index contributed by atoms with van der Waals surface area (Å²) in [4.78, 5) is 22.6. The second kappa shape index (κ2) is 9.93. The Bertz CT molecular complexity index is 732. The van der Waals surface area contributed by atoms with Crippen LogP contribution in [0.5, 0.6) is 17.2 Å². The second-order valence-electron chi connectivity index (χ2n) is 5.15. The van der Waals surface area contributed by atoms with E-state index in [9.17, 15) is 9.59 Å². The molecule has 0 aliphatic rings. The van der Waals surface area contributed by atoms with Crippen molar-refractivity contribution in [2.24, 2.45) is 5.73 Å². The van der Waals surface area contributed by atoms with Crippen LogP contribution in [0.3, 0.4) is 0 Å². The van der Waals surface area contributed by atoms with Gasteiger partial charge in [-0.3, -0.25) is 4.79 Å². The molecular formula is C19H21NO6. The minimum atomic E-state index is -0.721. The van der Waals surface area contributed by atoms with Gasteiger partial charge in [0.25, 0.3) is 5.91 Å². The topological polar surface area (TPSA) is 97.1 Å². The number of primary amides is 1. The zero-order valence-corrected chi connectivity index (χ0v) is 14.5. The quantitative estimate of drug-likeness (QED) is 0.516. The molecule has 0 fully saturated rings. The molecule has 0 aliphatic carbocycles. The molecule has 7 heteroatoms. The van der Waals surface area contributed by atoms with Gasteiger partial charge in [0.2, 0.25) is 0 Å². The molecule has 0 radical (unpaired) electrons. The summed E-state index contributed by atoms with van der Waals surface area (Å²) in [5.74, 6) is 0.259. The maximum absolute atomic E-state index is 11.9. The lowest BCUT2D eigenvalue weighted by Crippen LogP contribution is -2.21. The highest BCUT2D eigenvalue weighted by Gasteiger charge is 2.13. The number of para-hydroxylation sites is 1. The first kappa shape index (κ1) is 19.1.